The van der Waals surface area contributed by atoms with Gasteiger partial charge in [0.05, 0.1) is 24.1 Å². The van der Waals surface area contributed by atoms with Gasteiger partial charge in [0.15, 0.2) is 5.78 Å². The molecule has 3 rings (SSSR count). The first kappa shape index (κ1) is 25.2. The van der Waals surface area contributed by atoms with E-state index in [0.29, 0.717) is 10.7 Å². The molecule has 1 aromatic heterocycles. The number of ether oxygens (including phenoxy) is 1. The summed E-state index contributed by atoms with van der Waals surface area (Å²) in [7, 11) is 1.56. The van der Waals surface area contributed by atoms with Crippen LogP contribution in [-0.2, 0) is 11.3 Å². The lowest BCUT2D eigenvalue weighted by Crippen LogP contribution is -2.35. The van der Waals surface area contributed by atoms with Crippen LogP contribution in [0.15, 0.2) is 34.0 Å². The SMILES string of the molecule is COc1ccc(/C=C2\SC(=S)N(CC(=O)c3c(C)c(C#N)c(=O)n(CC(C)C)c3O)C2=O)cc1. The normalized spacial score (nSPS) is 14.7. The third-order valence-corrected chi connectivity index (χ3v) is 6.59. The lowest BCUT2D eigenvalue weighted by molar-refractivity contribution is -0.121. The van der Waals surface area contributed by atoms with E-state index in [4.69, 9.17) is 17.0 Å². The quantitative estimate of drug-likeness (QED) is 0.351. The third-order valence-electron chi connectivity index (χ3n) is 5.22. The van der Waals surface area contributed by atoms with Crippen molar-refractivity contribution in [3.05, 3.63) is 61.8 Å². The summed E-state index contributed by atoms with van der Waals surface area (Å²) in [6.45, 7) is 4.82. The van der Waals surface area contributed by atoms with Crippen molar-refractivity contribution in [1.82, 2.24) is 9.47 Å². The zero-order chi connectivity index (χ0) is 25.2. The Labute approximate surface area is 206 Å². The van der Waals surface area contributed by atoms with Crippen LogP contribution in [0.2, 0.25) is 0 Å². The molecule has 1 saturated heterocycles. The number of benzene rings is 1. The summed E-state index contributed by atoms with van der Waals surface area (Å²) >= 11 is 6.39. The molecule has 34 heavy (non-hydrogen) atoms. The van der Waals surface area contributed by atoms with Crippen LogP contribution < -0.4 is 10.3 Å². The number of thiocarbonyl (C=S) groups is 1. The van der Waals surface area contributed by atoms with Crippen molar-refractivity contribution in [3.8, 4) is 17.7 Å². The highest BCUT2D eigenvalue weighted by molar-refractivity contribution is 8.26. The molecule has 1 N–H and O–H groups in total. The minimum atomic E-state index is -0.657. The molecule has 1 aromatic carbocycles. The second-order valence-electron chi connectivity index (χ2n) is 8.08. The number of hydrogen-bond donors (Lipinski definition) is 1. The van der Waals surface area contributed by atoms with Gasteiger partial charge in [-0.2, -0.15) is 5.26 Å². The number of carbonyl (C=O) groups excluding carboxylic acids is 2. The van der Waals surface area contributed by atoms with Crippen LogP contribution in [0.1, 0.15) is 40.9 Å². The summed E-state index contributed by atoms with van der Waals surface area (Å²) in [5, 5.41) is 20.2. The molecule has 0 atom stereocenters. The van der Waals surface area contributed by atoms with E-state index in [9.17, 15) is 24.8 Å². The smallest absolute Gasteiger partial charge is 0.271 e. The van der Waals surface area contributed by atoms with Crippen molar-refractivity contribution in [2.24, 2.45) is 5.92 Å². The van der Waals surface area contributed by atoms with Crippen LogP contribution in [0.5, 0.6) is 11.6 Å². The molecule has 2 heterocycles. The molecule has 0 unspecified atom stereocenters. The Hall–Kier alpha value is -3.42. The molecule has 10 heteroatoms. The van der Waals surface area contributed by atoms with E-state index in [1.54, 1.807) is 37.5 Å². The van der Waals surface area contributed by atoms with E-state index in [1.807, 2.05) is 19.9 Å². The van der Waals surface area contributed by atoms with Crippen LogP contribution in [0.25, 0.3) is 6.08 Å². The van der Waals surface area contributed by atoms with Gasteiger partial charge < -0.3 is 9.84 Å². The maximum absolute atomic E-state index is 13.2. The Morgan fingerprint density at radius 2 is 1.94 bits per heavy atom. The largest absolute Gasteiger partial charge is 0.497 e. The fourth-order valence-electron chi connectivity index (χ4n) is 3.53. The van der Waals surface area contributed by atoms with E-state index in [1.165, 1.54) is 6.92 Å². The zero-order valence-corrected chi connectivity index (χ0v) is 20.7. The number of Topliss-reactive ketones (excluding diaryl/α,β-unsaturated/α-hetero) is 1. The molecule has 0 saturated carbocycles. The number of aromatic hydroxyl groups is 1. The lowest BCUT2D eigenvalue weighted by atomic mass is 10.0. The van der Waals surface area contributed by atoms with Gasteiger partial charge in [-0.3, -0.25) is 23.9 Å². The summed E-state index contributed by atoms with van der Waals surface area (Å²) in [6.07, 6.45) is 1.67. The van der Waals surface area contributed by atoms with Crippen LogP contribution in [-0.4, -0.2) is 44.2 Å². The summed E-state index contributed by atoms with van der Waals surface area (Å²) in [6, 6.07) is 8.94. The van der Waals surface area contributed by atoms with Crippen molar-refractivity contribution in [2.75, 3.05) is 13.7 Å². The zero-order valence-electron chi connectivity index (χ0n) is 19.1. The van der Waals surface area contributed by atoms with Gasteiger partial charge in [0.25, 0.3) is 11.5 Å². The van der Waals surface area contributed by atoms with E-state index >= 15 is 0 Å². The minimum Gasteiger partial charge on any atom is -0.497 e. The number of methoxy groups -OCH3 is 1. The number of amides is 1. The number of ketones is 1. The molecular formula is C24H23N3O5S2. The summed E-state index contributed by atoms with van der Waals surface area (Å²) in [4.78, 5) is 40.3. The van der Waals surface area contributed by atoms with Crippen LogP contribution in [0.3, 0.4) is 0 Å². The highest BCUT2D eigenvalue weighted by Gasteiger charge is 2.35. The van der Waals surface area contributed by atoms with Crippen molar-refractivity contribution in [1.29, 1.82) is 5.26 Å². The molecule has 0 bridgehead atoms. The topological polar surface area (TPSA) is 113 Å². The third kappa shape index (κ3) is 4.90. The first-order valence-corrected chi connectivity index (χ1v) is 11.6. The van der Waals surface area contributed by atoms with Gasteiger partial charge in [-0.1, -0.05) is 50.0 Å². The number of pyridine rings is 1. The average molecular weight is 498 g/mol. The number of rotatable bonds is 7. The van der Waals surface area contributed by atoms with Gasteiger partial charge in [-0.15, -0.1) is 0 Å². The van der Waals surface area contributed by atoms with Crippen molar-refractivity contribution in [2.45, 2.75) is 27.3 Å². The predicted molar refractivity (Wildman–Crippen MR) is 134 cm³/mol. The molecule has 1 fully saturated rings. The molecule has 0 radical (unpaired) electrons. The maximum atomic E-state index is 13.2. The Bertz CT molecular complexity index is 1300. The van der Waals surface area contributed by atoms with Gasteiger partial charge in [-0.25, -0.2) is 0 Å². The molecule has 0 spiro atoms. The second-order valence-corrected chi connectivity index (χ2v) is 9.76. The summed E-state index contributed by atoms with van der Waals surface area (Å²) in [5.74, 6) is -0.908. The van der Waals surface area contributed by atoms with Crippen LogP contribution >= 0.6 is 24.0 Å². The van der Waals surface area contributed by atoms with Gasteiger partial charge in [0, 0.05) is 6.54 Å². The van der Waals surface area contributed by atoms with Crippen molar-refractivity contribution >= 4 is 46.1 Å². The Morgan fingerprint density at radius 3 is 2.50 bits per heavy atom. The van der Waals surface area contributed by atoms with Crippen molar-refractivity contribution < 1.29 is 19.4 Å². The van der Waals surface area contributed by atoms with E-state index in [-0.39, 0.29) is 33.5 Å². The molecular weight excluding hydrogens is 474 g/mol. The Balaban J connectivity index is 1.93. The van der Waals surface area contributed by atoms with Gasteiger partial charge in [0.1, 0.15) is 21.7 Å². The molecule has 1 aliphatic rings. The number of hydrogen-bond acceptors (Lipinski definition) is 8. The lowest BCUT2D eigenvalue weighted by Gasteiger charge is -2.19. The molecule has 1 amide bonds. The van der Waals surface area contributed by atoms with E-state index in [0.717, 1.165) is 26.8 Å². The maximum Gasteiger partial charge on any atom is 0.271 e. The highest BCUT2D eigenvalue weighted by atomic mass is 32.2. The Kier molecular flexibility index (Phi) is 7.59. The van der Waals surface area contributed by atoms with Crippen molar-refractivity contribution in [3.63, 3.8) is 0 Å². The predicted octanol–water partition coefficient (Wildman–Crippen LogP) is 3.48. The molecule has 176 valence electrons. The van der Waals surface area contributed by atoms with Crippen LogP contribution in [0, 0.1) is 24.2 Å². The van der Waals surface area contributed by atoms with E-state index < -0.39 is 29.7 Å². The number of nitrogens with zero attached hydrogens (tertiary/aromatic N) is 3. The Morgan fingerprint density at radius 1 is 1.29 bits per heavy atom. The first-order valence-electron chi connectivity index (χ1n) is 10.4. The summed E-state index contributed by atoms with van der Waals surface area (Å²) < 4.78 is 6.36. The second kappa shape index (κ2) is 10.2. The number of thioether (sulfide) groups is 1. The standard InChI is InChI=1S/C24H23N3O5S2/c1-13(2)11-26-21(29)17(10-25)14(3)20(23(26)31)18(28)12-27-22(30)19(34-24(27)33)9-15-5-7-16(32-4)8-6-15/h5-9,13,31H,11-12H2,1-4H3/b19-9-. The molecule has 0 aliphatic carbocycles. The fraction of sp³-hybridized carbons (Fsp3) is 0.292. The fourth-order valence-corrected chi connectivity index (χ4v) is 4.78. The number of carbonyl (C=O) groups is 2. The van der Waals surface area contributed by atoms with E-state index in [2.05, 4.69) is 0 Å². The monoisotopic (exact) mass is 497 g/mol. The molecule has 1 aliphatic heterocycles. The number of aromatic nitrogens is 1. The first-order chi connectivity index (χ1) is 16.1. The molecule has 8 nitrogen and oxygen atoms in total. The average Bonchev–Trinajstić information content (AvgIpc) is 3.04. The highest BCUT2D eigenvalue weighted by Crippen LogP contribution is 2.33. The van der Waals surface area contributed by atoms with Gasteiger partial charge in [-0.05, 0) is 42.2 Å². The minimum absolute atomic E-state index is 0.0180. The van der Waals surface area contributed by atoms with Crippen LogP contribution in [0.4, 0.5) is 0 Å². The summed E-state index contributed by atoms with van der Waals surface area (Å²) in [5.41, 5.74) is -0.192. The number of nitriles is 1. The van der Waals surface area contributed by atoms with Gasteiger partial charge in [0.2, 0.25) is 5.88 Å². The van der Waals surface area contributed by atoms with Gasteiger partial charge >= 0.3 is 0 Å². The molecule has 2 aromatic rings.